The van der Waals surface area contributed by atoms with Gasteiger partial charge in [-0.3, -0.25) is 4.79 Å². The van der Waals surface area contributed by atoms with Gasteiger partial charge in [0.2, 0.25) is 0 Å². The van der Waals surface area contributed by atoms with Crippen molar-refractivity contribution in [1.82, 2.24) is 0 Å². The fourth-order valence-electron chi connectivity index (χ4n) is 2.96. The third-order valence-corrected chi connectivity index (χ3v) is 4.33. The van der Waals surface area contributed by atoms with E-state index in [2.05, 4.69) is 0 Å². The van der Waals surface area contributed by atoms with Crippen molar-refractivity contribution in [2.75, 3.05) is 0 Å². The van der Waals surface area contributed by atoms with Crippen LogP contribution in [0, 0.1) is 0 Å². The molecule has 4 heteroatoms. The third-order valence-electron chi connectivity index (χ3n) is 4.33. The van der Waals surface area contributed by atoms with Gasteiger partial charge in [0.1, 0.15) is 11.3 Å². The quantitative estimate of drug-likeness (QED) is 0.644. The molecule has 0 N–H and O–H groups in total. The fourth-order valence-corrected chi connectivity index (χ4v) is 2.96. The number of carbonyl (C=O) groups excluding carboxylic acids is 1. The van der Waals surface area contributed by atoms with Crippen molar-refractivity contribution in [3.63, 3.8) is 0 Å². The molecule has 0 saturated carbocycles. The molecule has 0 fully saturated rings. The van der Waals surface area contributed by atoms with E-state index in [1.54, 1.807) is 13.0 Å². The van der Waals surface area contributed by atoms with Gasteiger partial charge in [-0.15, -0.1) is 0 Å². The Kier molecular flexibility index (Phi) is 4.01. The van der Waals surface area contributed by atoms with Crippen LogP contribution < -0.4 is 10.4 Å². The van der Waals surface area contributed by atoms with Crippen molar-refractivity contribution in [3.8, 4) is 5.75 Å². The molecule has 4 nitrogen and oxygen atoms in total. The SMILES string of the molecule is CC(=O)[C@H](C)Oc1ccc2c3c(c(=O)oc2c1)CCCCC3. The van der Waals surface area contributed by atoms with Crippen molar-refractivity contribution in [3.05, 3.63) is 39.7 Å². The topological polar surface area (TPSA) is 56.5 Å². The summed E-state index contributed by atoms with van der Waals surface area (Å²) in [5, 5.41) is 0.985. The van der Waals surface area contributed by atoms with Crippen molar-refractivity contribution in [1.29, 1.82) is 0 Å². The molecule has 22 heavy (non-hydrogen) atoms. The number of Topliss-reactive ketones (excluding diaryl/α,β-unsaturated/α-hetero) is 1. The van der Waals surface area contributed by atoms with Gasteiger partial charge in [0.25, 0.3) is 0 Å². The average Bonchev–Trinajstić information content (AvgIpc) is 2.73. The molecule has 1 heterocycles. The van der Waals surface area contributed by atoms with E-state index in [0.717, 1.165) is 48.6 Å². The highest BCUT2D eigenvalue weighted by Gasteiger charge is 2.18. The Balaban J connectivity index is 2.07. The maximum Gasteiger partial charge on any atom is 0.339 e. The number of ether oxygens (including phenoxy) is 1. The van der Waals surface area contributed by atoms with E-state index in [0.29, 0.717) is 11.3 Å². The number of ketones is 1. The molecule has 0 spiro atoms. The van der Waals surface area contributed by atoms with Gasteiger partial charge in [0.05, 0.1) is 0 Å². The van der Waals surface area contributed by atoms with Crippen molar-refractivity contribution in [2.45, 2.75) is 52.1 Å². The van der Waals surface area contributed by atoms with Gasteiger partial charge >= 0.3 is 5.63 Å². The zero-order chi connectivity index (χ0) is 15.7. The lowest BCUT2D eigenvalue weighted by Gasteiger charge is -2.13. The number of fused-ring (bicyclic) bond motifs is 3. The molecular formula is C18H20O4. The largest absolute Gasteiger partial charge is 0.483 e. The molecule has 0 aliphatic heterocycles. The van der Waals surface area contributed by atoms with E-state index in [9.17, 15) is 9.59 Å². The Morgan fingerprint density at radius 2 is 1.91 bits per heavy atom. The van der Waals surface area contributed by atoms with E-state index in [-0.39, 0.29) is 11.4 Å². The van der Waals surface area contributed by atoms with Crippen LogP contribution in [-0.2, 0) is 17.6 Å². The monoisotopic (exact) mass is 300 g/mol. The molecule has 1 atom stereocenters. The summed E-state index contributed by atoms with van der Waals surface area (Å²) >= 11 is 0. The smallest absolute Gasteiger partial charge is 0.339 e. The number of aryl methyl sites for hydroxylation is 1. The van der Waals surface area contributed by atoms with Crippen LogP contribution in [0.2, 0.25) is 0 Å². The van der Waals surface area contributed by atoms with Gasteiger partial charge in [0.15, 0.2) is 11.9 Å². The summed E-state index contributed by atoms with van der Waals surface area (Å²) in [5.41, 5.74) is 2.26. The van der Waals surface area contributed by atoms with Gasteiger partial charge in [0, 0.05) is 17.0 Å². The molecule has 0 radical (unpaired) electrons. The van der Waals surface area contributed by atoms with E-state index in [1.807, 2.05) is 12.1 Å². The van der Waals surface area contributed by atoms with Crippen LogP contribution in [0.3, 0.4) is 0 Å². The first-order valence-corrected chi connectivity index (χ1v) is 7.82. The van der Waals surface area contributed by atoms with Gasteiger partial charge in [-0.2, -0.15) is 0 Å². The third kappa shape index (κ3) is 2.78. The zero-order valence-electron chi connectivity index (χ0n) is 13.0. The molecule has 3 rings (SSSR count). The average molecular weight is 300 g/mol. The molecule has 1 aliphatic carbocycles. The molecule has 116 valence electrons. The number of carbonyl (C=O) groups is 1. The summed E-state index contributed by atoms with van der Waals surface area (Å²) in [7, 11) is 0. The number of benzene rings is 1. The first-order valence-electron chi connectivity index (χ1n) is 7.82. The lowest BCUT2D eigenvalue weighted by molar-refractivity contribution is -0.122. The molecule has 0 bridgehead atoms. The number of rotatable bonds is 3. The van der Waals surface area contributed by atoms with E-state index in [4.69, 9.17) is 9.15 Å². The highest BCUT2D eigenvalue weighted by Crippen LogP contribution is 2.28. The summed E-state index contributed by atoms with van der Waals surface area (Å²) < 4.78 is 11.1. The minimum absolute atomic E-state index is 0.0384. The second-order valence-corrected chi connectivity index (χ2v) is 5.94. The van der Waals surface area contributed by atoms with Crippen LogP contribution in [0.1, 0.15) is 44.2 Å². The summed E-state index contributed by atoms with van der Waals surface area (Å²) in [5.74, 6) is 0.510. The van der Waals surface area contributed by atoms with E-state index < -0.39 is 6.10 Å². The summed E-state index contributed by atoms with van der Waals surface area (Å²) in [6.45, 7) is 3.20. The van der Waals surface area contributed by atoms with E-state index >= 15 is 0 Å². The molecule has 1 aromatic heterocycles. The Hall–Kier alpha value is -2.10. The summed E-state index contributed by atoms with van der Waals surface area (Å²) in [4.78, 5) is 23.5. The van der Waals surface area contributed by atoms with Crippen LogP contribution in [0.25, 0.3) is 11.0 Å². The molecule has 1 aliphatic rings. The number of hydrogen-bond donors (Lipinski definition) is 0. The first-order chi connectivity index (χ1) is 10.6. The van der Waals surface area contributed by atoms with Gasteiger partial charge in [-0.1, -0.05) is 6.42 Å². The minimum Gasteiger partial charge on any atom is -0.483 e. The molecule has 0 amide bonds. The zero-order valence-corrected chi connectivity index (χ0v) is 13.0. The Bertz CT molecular complexity index is 772. The molecule has 2 aromatic rings. The van der Waals surface area contributed by atoms with Gasteiger partial charge < -0.3 is 9.15 Å². The highest BCUT2D eigenvalue weighted by atomic mass is 16.5. The molecule has 1 aromatic carbocycles. The molecule has 0 saturated heterocycles. The lowest BCUT2D eigenvalue weighted by Crippen LogP contribution is -2.20. The summed E-state index contributed by atoms with van der Waals surface area (Å²) in [6.07, 6.45) is 4.50. The van der Waals surface area contributed by atoms with Gasteiger partial charge in [-0.05, 0) is 57.2 Å². The highest BCUT2D eigenvalue weighted by molar-refractivity contribution is 5.83. The maximum absolute atomic E-state index is 12.2. The van der Waals surface area contributed by atoms with Gasteiger partial charge in [-0.25, -0.2) is 4.79 Å². The normalized spacial score (nSPS) is 15.9. The Labute approximate surface area is 129 Å². The fraction of sp³-hybridized carbons (Fsp3) is 0.444. The van der Waals surface area contributed by atoms with Crippen molar-refractivity contribution < 1.29 is 13.9 Å². The predicted octanol–water partition coefficient (Wildman–Crippen LogP) is 3.42. The van der Waals surface area contributed by atoms with Crippen LogP contribution in [0.15, 0.2) is 27.4 Å². The standard InChI is InChI=1S/C18H20O4/c1-11(19)12(2)21-13-8-9-15-14-6-4-3-5-7-16(14)18(20)22-17(15)10-13/h8-10,12H,3-7H2,1-2H3/t12-/m0/s1. The molecule has 0 unspecified atom stereocenters. The van der Waals surface area contributed by atoms with Crippen molar-refractivity contribution in [2.24, 2.45) is 0 Å². The predicted molar refractivity (Wildman–Crippen MR) is 84.5 cm³/mol. The van der Waals surface area contributed by atoms with Crippen molar-refractivity contribution >= 4 is 16.8 Å². The van der Waals surface area contributed by atoms with Crippen LogP contribution in [0.4, 0.5) is 0 Å². The van der Waals surface area contributed by atoms with Crippen LogP contribution in [-0.4, -0.2) is 11.9 Å². The second kappa shape index (κ2) is 5.95. The summed E-state index contributed by atoms with van der Waals surface area (Å²) in [6, 6.07) is 5.49. The minimum atomic E-state index is -0.509. The second-order valence-electron chi connectivity index (χ2n) is 5.94. The Morgan fingerprint density at radius 1 is 1.18 bits per heavy atom. The maximum atomic E-state index is 12.2. The number of hydrogen-bond acceptors (Lipinski definition) is 4. The Morgan fingerprint density at radius 3 is 2.64 bits per heavy atom. The van der Waals surface area contributed by atoms with Crippen LogP contribution >= 0.6 is 0 Å². The molecular weight excluding hydrogens is 280 g/mol. The van der Waals surface area contributed by atoms with E-state index in [1.165, 1.54) is 6.92 Å². The first kappa shape index (κ1) is 14.8. The lowest BCUT2D eigenvalue weighted by atomic mass is 10.0. The van der Waals surface area contributed by atoms with Crippen LogP contribution in [0.5, 0.6) is 5.75 Å².